The number of benzene rings is 2. The van der Waals surface area contributed by atoms with Crippen LogP contribution < -0.4 is 10.0 Å². The Morgan fingerprint density at radius 2 is 1.82 bits per heavy atom. The maximum atomic E-state index is 12.5. The highest BCUT2D eigenvalue weighted by atomic mass is 32.2. The fourth-order valence-electron chi connectivity index (χ4n) is 3.19. The molecular formula is C21H26N2O3S2. The Hall–Kier alpha value is -1.83. The molecule has 0 aromatic heterocycles. The molecule has 5 nitrogen and oxygen atoms in total. The number of anilines is 1. The van der Waals surface area contributed by atoms with Gasteiger partial charge in [0.2, 0.25) is 15.9 Å². The van der Waals surface area contributed by atoms with Crippen molar-refractivity contribution in [3.05, 3.63) is 53.6 Å². The van der Waals surface area contributed by atoms with E-state index in [1.807, 2.05) is 0 Å². The van der Waals surface area contributed by atoms with Crippen molar-refractivity contribution in [1.29, 1.82) is 0 Å². The van der Waals surface area contributed by atoms with Crippen LogP contribution in [0.25, 0.3) is 0 Å². The molecule has 3 rings (SSSR count). The van der Waals surface area contributed by atoms with Crippen molar-refractivity contribution in [2.24, 2.45) is 0 Å². The minimum atomic E-state index is -3.64. The second-order valence-corrected chi connectivity index (χ2v) is 10.7. The van der Waals surface area contributed by atoms with Crippen LogP contribution in [0.4, 0.5) is 5.69 Å². The molecule has 1 aliphatic rings. The number of fused-ring (bicyclic) bond motifs is 1. The van der Waals surface area contributed by atoms with Gasteiger partial charge in [-0.15, -0.1) is 11.8 Å². The van der Waals surface area contributed by atoms with Crippen molar-refractivity contribution >= 4 is 33.4 Å². The van der Waals surface area contributed by atoms with E-state index >= 15 is 0 Å². The Kier molecular flexibility index (Phi) is 6.17. The minimum absolute atomic E-state index is 0.131. The first-order chi connectivity index (χ1) is 13.1. The zero-order valence-corrected chi connectivity index (χ0v) is 18.0. The number of aryl methyl sites for hydroxylation is 2. The molecule has 150 valence electrons. The van der Waals surface area contributed by atoms with Crippen LogP contribution in [0.15, 0.2) is 52.3 Å². The monoisotopic (exact) mass is 418 g/mol. The number of nitrogens with one attached hydrogen (secondary N) is 2. The molecule has 0 heterocycles. The highest BCUT2D eigenvalue weighted by molar-refractivity contribution is 8.00. The van der Waals surface area contributed by atoms with Gasteiger partial charge in [0.05, 0.1) is 10.6 Å². The maximum Gasteiger partial charge on any atom is 0.241 e. The number of rotatable bonds is 6. The summed E-state index contributed by atoms with van der Waals surface area (Å²) in [4.78, 5) is 13.5. The summed E-state index contributed by atoms with van der Waals surface area (Å²) in [6, 6.07) is 12.7. The number of carbonyl (C=O) groups excluding carboxylic acids is 1. The van der Waals surface area contributed by atoms with Crippen LogP contribution in [0.3, 0.4) is 0 Å². The first kappa shape index (κ1) is 20.9. The number of sulfonamides is 1. The van der Waals surface area contributed by atoms with Gasteiger partial charge in [0, 0.05) is 16.1 Å². The van der Waals surface area contributed by atoms with Crippen LogP contribution in [0.5, 0.6) is 0 Å². The number of hydrogen-bond acceptors (Lipinski definition) is 4. The lowest BCUT2D eigenvalue weighted by Gasteiger charge is -2.20. The summed E-state index contributed by atoms with van der Waals surface area (Å²) in [7, 11) is -3.64. The van der Waals surface area contributed by atoms with E-state index in [0.29, 0.717) is 5.69 Å². The maximum absolute atomic E-state index is 12.5. The van der Waals surface area contributed by atoms with Gasteiger partial charge in [-0.3, -0.25) is 4.79 Å². The first-order valence-electron chi connectivity index (χ1n) is 9.31. The van der Waals surface area contributed by atoms with Gasteiger partial charge in [-0.05, 0) is 81.5 Å². The number of hydrogen-bond donors (Lipinski definition) is 2. The predicted molar refractivity (Wildman–Crippen MR) is 114 cm³/mol. The summed E-state index contributed by atoms with van der Waals surface area (Å²) >= 11 is 1.49. The van der Waals surface area contributed by atoms with Crippen LogP contribution >= 0.6 is 11.8 Å². The smallest absolute Gasteiger partial charge is 0.241 e. The lowest BCUT2D eigenvalue weighted by molar-refractivity contribution is -0.113. The van der Waals surface area contributed by atoms with Crippen LogP contribution in [0, 0.1) is 0 Å². The average molecular weight is 419 g/mol. The van der Waals surface area contributed by atoms with Crippen molar-refractivity contribution in [1.82, 2.24) is 4.72 Å². The van der Waals surface area contributed by atoms with E-state index in [-0.39, 0.29) is 16.6 Å². The summed E-state index contributed by atoms with van der Waals surface area (Å²) in [5, 5.41) is 2.79. The molecule has 1 amide bonds. The zero-order chi connectivity index (χ0) is 20.4. The number of thioether (sulfide) groups is 1. The van der Waals surface area contributed by atoms with Gasteiger partial charge >= 0.3 is 0 Å². The predicted octanol–water partition coefficient (Wildman–Crippen LogP) is 3.98. The van der Waals surface area contributed by atoms with Crippen LogP contribution in [0.1, 0.15) is 38.3 Å². The van der Waals surface area contributed by atoms with E-state index in [9.17, 15) is 13.2 Å². The lowest BCUT2D eigenvalue weighted by Crippen LogP contribution is -2.40. The largest absolute Gasteiger partial charge is 0.325 e. The van der Waals surface area contributed by atoms with Gasteiger partial charge in [-0.2, -0.15) is 0 Å². The molecule has 0 atom stereocenters. The number of carbonyl (C=O) groups is 1. The van der Waals surface area contributed by atoms with Crippen molar-refractivity contribution in [2.75, 3.05) is 11.1 Å². The molecule has 0 fully saturated rings. The van der Waals surface area contributed by atoms with Crippen LogP contribution in [-0.2, 0) is 27.7 Å². The van der Waals surface area contributed by atoms with E-state index in [0.717, 1.165) is 17.7 Å². The van der Waals surface area contributed by atoms with Crippen molar-refractivity contribution < 1.29 is 13.2 Å². The summed E-state index contributed by atoms with van der Waals surface area (Å²) in [5.41, 5.74) is 2.69. The van der Waals surface area contributed by atoms with E-state index in [2.05, 4.69) is 28.2 Å². The van der Waals surface area contributed by atoms with E-state index in [1.54, 1.807) is 32.9 Å². The molecule has 0 aliphatic heterocycles. The van der Waals surface area contributed by atoms with Gasteiger partial charge in [0.25, 0.3) is 0 Å². The lowest BCUT2D eigenvalue weighted by atomic mass is 10.1. The fraction of sp³-hybridized carbons (Fsp3) is 0.381. The summed E-state index contributed by atoms with van der Waals surface area (Å²) in [6.45, 7) is 5.35. The van der Waals surface area contributed by atoms with Crippen molar-refractivity contribution in [3.8, 4) is 0 Å². The molecule has 1 aliphatic carbocycles. The van der Waals surface area contributed by atoms with E-state index in [4.69, 9.17) is 0 Å². The van der Waals surface area contributed by atoms with Gasteiger partial charge in [-0.25, -0.2) is 13.1 Å². The normalized spacial score (nSPS) is 14.0. The Labute approximate surface area is 171 Å². The number of amides is 1. The van der Waals surface area contributed by atoms with Gasteiger partial charge in [-0.1, -0.05) is 12.1 Å². The minimum Gasteiger partial charge on any atom is -0.325 e. The molecule has 0 saturated heterocycles. The Morgan fingerprint density at radius 3 is 2.57 bits per heavy atom. The third-order valence-electron chi connectivity index (χ3n) is 4.31. The highest BCUT2D eigenvalue weighted by Gasteiger charge is 2.22. The molecule has 2 aromatic carbocycles. The molecule has 28 heavy (non-hydrogen) atoms. The van der Waals surface area contributed by atoms with E-state index in [1.165, 1.54) is 41.4 Å². The quantitative estimate of drug-likeness (QED) is 0.696. The van der Waals surface area contributed by atoms with Crippen molar-refractivity contribution in [3.63, 3.8) is 0 Å². The fourth-order valence-corrected chi connectivity index (χ4v) is 5.41. The second-order valence-electron chi connectivity index (χ2n) is 8.00. The van der Waals surface area contributed by atoms with Crippen LogP contribution in [0.2, 0.25) is 0 Å². The third-order valence-corrected chi connectivity index (χ3v) is 7.06. The summed E-state index contributed by atoms with van der Waals surface area (Å²) in [6.07, 6.45) is 3.46. The standard InChI is InChI=1S/C21H26N2O3S2/c1-21(2,3)23-28(25,26)19-9-5-8-17(13-19)22-20(24)14-27-18-11-10-15-6-4-7-16(15)12-18/h5,8-13,23H,4,6-7,14H2,1-3H3,(H,22,24). The average Bonchev–Trinajstić information content (AvgIpc) is 3.06. The third kappa shape index (κ3) is 5.59. The van der Waals surface area contributed by atoms with Crippen molar-refractivity contribution in [2.45, 2.75) is 55.4 Å². The van der Waals surface area contributed by atoms with Gasteiger partial charge < -0.3 is 5.32 Å². The van der Waals surface area contributed by atoms with Gasteiger partial charge in [0.15, 0.2) is 0 Å². The molecule has 0 radical (unpaired) electrons. The molecule has 0 spiro atoms. The van der Waals surface area contributed by atoms with E-state index < -0.39 is 15.6 Å². The molecular weight excluding hydrogens is 392 g/mol. The molecule has 0 unspecified atom stereocenters. The van der Waals surface area contributed by atoms with Crippen LogP contribution in [-0.4, -0.2) is 25.6 Å². The Bertz CT molecular complexity index is 979. The van der Waals surface area contributed by atoms with Gasteiger partial charge in [0.1, 0.15) is 0 Å². The first-order valence-corrected chi connectivity index (χ1v) is 11.8. The SMILES string of the molecule is CC(C)(C)NS(=O)(=O)c1cccc(NC(=O)CSc2ccc3c(c2)CCC3)c1. The highest BCUT2D eigenvalue weighted by Crippen LogP contribution is 2.27. The molecule has 7 heteroatoms. The summed E-state index contributed by atoms with van der Waals surface area (Å²) in [5.74, 6) is 0.111. The topological polar surface area (TPSA) is 75.3 Å². The Morgan fingerprint density at radius 1 is 1.07 bits per heavy atom. The molecule has 2 aromatic rings. The molecule has 0 saturated carbocycles. The zero-order valence-electron chi connectivity index (χ0n) is 16.4. The second kappa shape index (κ2) is 8.27. The molecule has 0 bridgehead atoms. The molecule has 2 N–H and O–H groups in total. The summed E-state index contributed by atoms with van der Waals surface area (Å²) < 4.78 is 27.5. The Balaban J connectivity index is 1.61.